The van der Waals surface area contributed by atoms with Gasteiger partial charge in [0.15, 0.2) is 6.29 Å². The van der Waals surface area contributed by atoms with Crippen LogP contribution in [0.4, 0.5) is 0 Å². The standard InChI is InChI=1S/C24H26O4/c1-24(2,3)21-15-18(26-4)10-12-23(21)28-14-13-27-22-11-9-17-7-5-6-8-19(17)20(22)16-25/h5-12,15-16H,13-14H2,1-4H3. The normalized spacial score (nSPS) is 11.3. The summed E-state index contributed by atoms with van der Waals surface area (Å²) in [5.41, 5.74) is 1.57. The lowest BCUT2D eigenvalue weighted by atomic mass is 9.86. The summed E-state index contributed by atoms with van der Waals surface area (Å²) in [6.07, 6.45) is 0.847. The quantitative estimate of drug-likeness (QED) is 0.407. The average molecular weight is 378 g/mol. The minimum absolute atomic E-state index is 0.0756. The molecule has 0 spiro atoms. The fourth-order valence-electron chi connectivity index (χ4n) is 3.17. The van der Waals surface area contributed by atoms with E-state index in [-0.39, 0.29) is 5.41 Å². The van der Waals surface area contributed by atoms with Crippen molar-refractivity contribution in [3.8, 4) is 17.2 Å². The van der Waals surface area contributed by atoms with Gasteiger partial charge >= 0.3 is 0 Å². The molecule has 4 heteroatoms. The maximum atomic E-state index is 11.6. The van der Waals surface area contributed by atoms with Gasteiger partial charge in [0.2, 0.25) is 0 Å². The van der Waals surface area contributed by atoms with Crippen LogP contribution in [0, 0.1) is 0 Å². The van der Waals surface area contributed by atoms with Gasteiger partial charge in [0.1, 0.15) is 30.5 Å². The summed E-state index contributed by atoms with van der Waals surface area (Å²) in [6, 6.07) is 17.4. The molecule has 0 radical (unpaired) electrons. The van der Waals surface area contributed by atoms with Crippen LogP contribution < -0.4 is 14.2 Å². The topological polar surface area (TPSA) is 44.8 Å². The van der Waals surface area contributed by atoms with Gasteiger partial charge in [-0.3, -0.25) is 4.79 Å². The number of methoxy groups -OCH3 is 1. The Balaban J connectivity index is 1.70. The number of carbonyl (C=O) groups excluding carboxylic acids is 1. The van der Waals surface area contributed by atoms with Crippen LogP contribution in [-0.2, 0) is 5.41 Å². The number of carbonyl (C=O) groups is 1. The zero-order chi connectivity index (χ0) is 20.1. The van der Waals surface area contributed by atoms with E-state index < -0.39 is 0 Å². The van der Waals surface area contributed by atoms with Gasteiger partial charge in [-0.1, -0.05) is 51.1 Å². The van der Waals surface area contributed by atoms with Crippen LogP contribution in [-0.4, -0.2) is 26.6 Å². The van der Waals surface area contributed by atoms with Crippen LogP contribution in [0.2, 0.25) is 0 Å². The van der Waals surface area contributed by atoms with E-state index in [1.54, 1.807) is 7.11 Å². The van der Waals surface area contributed by atoms with Gasteiger partial charge in [-0.15, -0.1) is 0 Å². The largest absolute Gasteiger partial charge is 0.497 e. The Morgan fingerprint density at radius 2 is 1.57 bits per heavy atom. The van der Waals surface area contributed by atoms with E-state index >= 15 is 0 Å². The molecule has 0 atom stereocenters. The Morgan fingerprint density at radius 1 is 0.893 bits per heavy atom. The van der Waals surface area contributed by atoms with Crippen molar-refractivity contribution in [3.05, 3.63) is 65.7 Å². The highest BCUT2D eigenvalue weighted by molar-refractivity contribution is 6.00. The smallest absolute Gasteiger partial charge is 0.154 e. The van der Waals surface area contributed by atoms with Crippen molar-refractivity contribution in [1.82, 2.24) is 0 Å². The fraction of sp³-hybridized carbons (Fsp3) is 0.292. The second-order valence-corrected chi connectivity index (χ2v) is 7.63. The van der Waals surface area contributed by atoms with Gasteiger partial charge in [0.05, 0.1) is 12.7 Å². The third kappa shape index (κ3) is 4.28. The number of hydrogen-bond acceptors (Lipinski definition) is 4. The zero-order valence-corrected chi connectivity index (χ0v) is 16.8. The molecule has 28 heavy (non-hydrogen) atoms. The van der Waals surface area contributed by atoms with Gasteiger partial charge in [-0.25, -0.2) is 0 Å². The lowest BCUT2D eigenvalue weighted by molar-refractivity contribution is 0.111. The number of aldehydes is 1. The van der Waals surface area contributed by atoms with Crippen molar-refractivity contribution in [1.29, 1.82) is 0 Å². The maximum absolute atomic E-state index is 11.6. The molecule has 0 saturated carbocycles. The van der Waals surface area contributed by atoms with Crippen molar-refractivity contribution >= 4 is 17.1 Å². The van der Waals surface area contributed by atoms with Crippen LogP contribution in [0.25, 0.3) is 10.8 Å². The number of ether oxygens (including phenoxy) is 3. The molecule has 0 aliphatic carbocycles. The SMILES string of the molecule is COc1ccc(OCCOc2ccc3ccccc3c2C=O)c(C(C)(C)C)c1. The summed E-state index contributed by atoms with van der Waals surface area (Å²) < 4.78 is 17.2. The fourth-order valence-corrected chi connectivity index (χ4v) is 3.17. The van der Waals surface area contributed by atoms with E-state index in [1.165, 1.54) is 0 Å². The van der Waals surface area contributed by atoms with E-state index in [9.17, 15) is 4.79 Å². The van der Waals surface area contributed by atoms with Gasteiger partial charge in [0, 0.05) is 5.56 Å². The van der Waals surface area contributed by atoms with Gasteiger partial charge < -0.3 is 14.2 Å². The Labute approximate surface area is 166 Å². The first kappa shape index (κ1) is 19.7. The summed E-state index contributed by atoms with van der Waals surface area (Å²) >= 11 is 0. The molecule has 3 aromatic carbocycles. The van der Waals surface area contributed by atoms with E-state index in [1.807, 2.05) is 54.6 Å². The molecule has 0 heterocycles. The van der Waals surface area contributed by atoms with Gasteiger partial charge in [-0.2, -0.15) is 0 Å². The van der Waals surface area contributed by atoms with Gasteiger partial charge in [0.25, 0.3) is 0 Å². The van der Waals surface area contributed by atoms with Crippen molar-refractivity contribution in [2.75, 3.05) is 20.3 Å². The van der Waals surface area contributed by atoms with Gasteiger partial charge in [-0.05, 0) is 40.5 Å². The molecule has 146 valence electrons. The lowest BCUT2D eigenvalue weighted by Crippen LogP contribution is -2.16. The Bertz CT molecular complexity index is 970. The second kappa shape index (κ2) is 8.34. The molecule has 3 rings (SSSR count). The van der Waals surface area contributed by atoms with E-state index in [2.05, 4.69) is 20.8 Å². The van der Waals surface area contributed by atoms with E-state index in [0.717, 1.165) is 34.1 Å². The van der Waals surface area contributed by atoms with Crippen LogP contribution in [0.5, 0.6) is 17.2 Å². The minimum atomic E-state index is -0.0756. The number of hydrogen-bond donors (Lipinski definition) is 0. The van der Waals surface area contributed by atoms with Crippen molar-refractivity contribution in [2.45, 2.75) is 26.2 Å². The highest BCUT2D eigenvalue weighted by atomic mass is 16.5. The van der Waals surface area contributed by atoms with E-state index in [0.29, 0.717) is 24.5 Å². The molecule has 3 aromatic rings. The molecule has 0 N–H and O–H groups in total. The summed E-state index contributed by atoms with van der Waals surface area (Å²) in [4.78, 5) is 11.6. The predicted octanol–water partition coefficient (Wildman–Crippen LogP) is 5.42. The average Bonchev–Trinajstić information content (AvgIpc) is 2.70. The Hall–Kier alpha value is -3.01. The molecule has 0 aliphatic rings. The second-order valence-electron chi connectivity index (χ2n) is 7.63. The molecule has 0 fully saturated rings. The first-order valence-corrected chi connectivity index (χ1v) is 9.35. The monoisotopic (exact) mass is 378 g/mol. The zero-order valence-electron chi connectivity index (χ0n) is 16.8. The Kier molecular flexibility index (Phi) is 5.88. The summed E-state index contributed by atoms with van der Waals surface area (Å²) in [5, 5.41) is 1.90. The van der Waals surface area contributed by atoms with Crippen LogP contribution >= 0.6 is 0 Å². The van der Waals surface area contributed by atoms with Crippen molar-refractivity contribution in [2.24, 2.45) is 0 Å². The molecular weight excluding hydrogens is 352 g/mol. The molecule has 0 saturated heterocycles. The third-order valence-corrected chi connectivity index (χ3v) is 4.64. The molecular formula is C24H26O4. The minimum Gasteiger partial charge on any atom is -0.497 e. The third-order valence-electron chi connectivity index (χ3n) is 4.64. The molecule has 0 unspecified atom stereocenters. The van der Waals surface area contributed by atoms with Crippen LogP contribution in [0.1, 0.15) is 36.7 Å². The lowest BCUT2D eigenvalue weighted by Gasteiger charge is -2.23. The van der Waals surface area contributed by atoms with Crippen molar-refractivity contribution < 1.29 is 19.0 Å². The number of rotatable bonds is 7. The summed E-state index contributed by atoms with van der Waals surface area (Å²) in [7, 11) is 1.66. The first-order chi connectivity index (χ1) is 13.4. The highest BCUT2D eigenvalue weighted by Crippen LogP contribution is 2.34. The highest BCUT2D eigenvalue weighted by Gasteiger charge is 2.20. The summed E-state index contributed by atoms with van der Waals surface area (Å²) in [6.45, 7) is 7.12. The van der Waals surface area contributed by atoms with Crippen LogP contribution in [0.15, 0.2) is 54.6 Å². The molecule has 0 aromatic heterocycles. The first-order valence-electron chi connectivity index (χ1n) is 9.35. The van der Waals surface area contributed by atoms with Crippen LogP contribution in [0.3, 0.4) is 0 Å². The van der Waals surface area contributed by atoms with Crippen molar-refractivity contribution in [3.63, 3.8) is 0 Å². The maximum Gasteiger partial charge on any atom is 0.154 e. The Morgan fingerprint density at radius 3 is 2.25 bits per heavy atom. The molecule has 0 bridgehead atoms. The van der Waals surface area contributed by atoms with E-state index in [4.69, 9.17) is 14.2 Å². The predicted molar refractivity (Wildman–Crippen MR) is 112 cm³/mol. The summed E-state index contributed by atoms with van der Waals surface area (Å²) in [5.74, 6) is 2.19. The molecule has 4 nitrogen and oxygen atoms in total. The number of fused-ring (bicyclic) bond motifs is 1. The molecule has 0 amide bonds. The molecule has 0 aliphatic heterocycles. The number of benzene rings is 3.